The molecule has 3 aromatic rings. The molecule has 0 N–H and O–H groups in total. The maximum atomic E-state index is 12.2. The van der Waals surface area contributed by atoms with Crippen LogP contribution < -0.4 is 0 Å². The van der Waals surface area contributed by atoms with Gasteiger partial charge in [-0.25, -0.2) is 0 Å². The number of likely N-dealkylation sites (N-methyl/N-ethyl adjacent to an activating group) is 1. The van der Waals surface area contributed by atoms with Crippen LogP contribution in [0.25, 0.3) is 10.8 Å². The van der Waals surface area contributed by atoms with Crippen LogP contribution in [0, 0.1) is 6.92 Å². The van der Waals surface area contributed by atoms with E-state index >= 15 is 0 Å². The van der Waals surface area contributed by atoms with Gasteiger partial charge < -0.3 is 9.47 Å². The molecule has 0 saturated carbocycles. The van der Waals surface area contributed by atoms with Crippen LogP contribution in [0.2, 0.25) is 0 Å². The summed E-state index contributed by atoms with van der Waals surface area (Å²) in [5, 5.41) is 10.9. The Bertz CT molecular complexity index is 977. The highest BCUT2D eigenvalue weighted by Gasteiger charge is 2.26. The molecule has 26 heavy (non-hydrogen) atoms. The lowest BCUT2D eigenvalue weighted by atomic mass is 9.99. The summed E-state index contributed by atoms with van der Waals surface area (Å²) < 4.78 is 1.95. The van der Waals surface area contributed by atoms with Crippen molar-refractivity contribution >= 4 is 16.7 Å². The Morgan fingerprint density at radius 3 is 2.73 bits per heavy atom. The number of fused-ring (bicyclic) bond motifs is 2. The van der Waals surface area contributed by atoms with E-state index in [1.54, 1.807) is 11.9 Å². The molecule has 1 aromatic heterocycles. The average molecular weight is 349 g/mol. The molecule has 2 heterocycles. The Labute approximate surface area is 153 Å². The standard InChI is InChI=1S/C20H23N5O/c1-14-8-9-15-6-4-5-7-16(15)17(14)12-23(2)13-18-21-22-19-20(26)24(3)10-11-25(18)19/h4-9H,10-13H2,1-3H3. The van der Waals surface area contributed by atoms with E-state index in [1.807, 2.05) is 4.57 Å². The van der Waals surface area contributed by atoms with Crippen molar-refractivity contribution in [3.8, 4) is 0 Å². The average Bonchev–Trinajstić information content (AvgIpc) is 3.04. The molecule has 1 amide bonds. The lowest BCUT2D eigenvalue weighted by molar-refractivity contribution is 0.0739. The maximum Gasteiger partial charge on any atom is 0.291 e. The van der Waals surface area contributed by atoms with E-state index in [9.17, 15) is 4.79 Å². The third-order valence-electron chi connectivity index (χ3n) is 5.14. The summed E-state index contributed by atoms with van der Waals surface area (Å²) in [5.74, 6) is 1.24. The summed E-state index contributed by atoms with van der Waals surface area (Å²) in [5.41, 5.74) is 2.62. The van der Waals surface area contributed by atoms with Crippen molar-refractivity contribution in [1.82, 2.24) is 24.6 Å². The molecule has 0 atom stereocenters. The van der Waals surface area contributed by atoms with Crippen LogP contribution in [0.1, 0.15) is 27.6 Å². The molecule has 6 heteroatoms. The van der Waals surface area contributed by atoms with E-state index in [1.165, 1.54) is 21.9 Å². The summed E-state index contributed by atoms with van der Waals surface area (Å²) in [6.45, 7) is 5.09. The van der Waals surface area contributed by atoms with Gasteiger partial charge in [-0.15, -0.1) is 10.2 Å². The Morgan fingerprint density at radius 2 is 1.88 bits per heavy atom. The molecular weight excluding hydrogens is 326 g/mol. The molecule has 0 aliphatic carbocycles. The molecule has 2 aromatic carbocycles. The molecule has 0 unspecified atom stereocenters. The van der Waals surface area contributed by atoms with Crippen LogP contribution in [-0.4, -0.2) is 51.1 Å². The van der Waals surface area contributed by atoms with E-state index < -0.39 is 0 Å². The second-order valence-corrected chi connectivity index (χ2v) is 7.07. The Kier molecular flexibility index (Phi) is 4.20. The second-order valence-electron chi connectivity index (χ2n) is 7.07. The Morgan fingerprint density at radius 1 is 1.08 bits per heavy atom. The van der Waals surface area contributed by atoms with Gasteiger partial charge in [-0.05, 0) is 35.9 Å². The van der Waals surface area contributed by atoms with E-state index in [0.29, 0.717) is 18.9 Å². The Balaban J connectivity index is 1.58. The summed E-state index contributed by atoms with van der Waals surface area (Å²) in [7, 11) is 3.88. The van der Waals surface area contributed by atoms with Crippen LogP contribution in [0.4, 0.5) is 0 Å². The molecule has 1 aliphatic heterocycles. The predicted octanol–water partition coefficient (Wildman–Crippen LogP) is 2.46. The minimum absolute atomic E-state index is 0.0532. The summed E-state index contributed by atoms with van der Waals surface area (Å²) in [4.78, 5) is 16.1. The number of carbonyl (C=O) groups excluding carboxylic acids is 1. The molecule has 4 rings (SSSR count). The predicted molar refractivity (Wildman–Crippen MR) is 101 cm³/mol. The zero-order chi connectivity index (χ0) is 18.3. The van der Waals surface area contributed by atoms with Gasteiger partial charge in [0.05, 0.1) is 6.54 Å². The van der Waals surface area contributed by atoms with E-state index in [4.69, 9.17) is 0 Å². The van der Waals surface area contributed by atoms with Gasteiger partial charge >= 0.3 is 0 Å². The number of hydrogen-bond donors (Lipinski definition) is 0. The summed E-state index contributed by atoms with van der Waals surface area (Å²) in [6.07, 6.45) is 0. The quantitative estimate of drug-likeness (QED) is 0.726. The first-order chi connectivity index (χ1) is 12.5. The number of carbonyl (C=O) groups is 1. The fourth-order valence-corrected chi connectivity index (χ4v) is 3.59. The minimum atomic E-state index is -0.0532. The molecule has 0 fully saturated rings. The molecule has 0 spiro atoms. The third kappa shape index (κ3) is 2.86. The second kappa shape index (κ2) is 6.53. The van der Waals surface area contributed by atoms with Crippen molar-refractivity contribution in [3.63, 3.8) is 0 Å². The topological polar surface area (TPSA) is 54.3 Å². The maximum absolute atomic E-state index is 12.2. The fourth-order valence-electron chi connectivity index (χ4n) is 3.59. The highest BCUT2D eigenvalue weighted by Crippen LogP contribution is 2.24. The largest absolute Gasteiger partial charge is 0.337 e. The number of benzene rings is 2. The van der Waals surface area contributed by atoms with Gasteiger partial charge in [0.1, 0.15) is 5.82 Å². The van der Waals surface area contributed by atoms with Gasteiger partial charge in [0.15, 0.2) is 0 Å². The number of nitrogens with zero attached hydrogens (tertiary/aromatic N) is 5. The molecule has 0 saturated heterocycles. The van der Waals surface area contributed by atoms with Crippen LogP contribution in [0.3, 0.4) is 0 Å². The van der Waals surface area contributed by atoms with Crippen molar-refractivity contribution in [2.24, 2.45) is 0 Å². The SMILES string of the molecule is Cc1ccc2ccccc2c1CN(C)Cc1nnc2n1CCN(C)C2=O. The first-order valence-electron chi connectivity index (χ1n) is 8.88. The van der Waals surface area contributed by atoms with E-state index in [-0.39, 0.29) is 5.91 Å². The smallest absolute Gasteiger partial charge is 0.291 e. The van der Waals surface area contributed by atoms with Crippen LogP contribution in [-0.2, 0) is 19.6 Å². The van der Waals surface area contributed by atoms with Crippen molar-refractivity contribution in [2.45, 2.75) is 26.6 Å². The third-order valence-corrected chi connectivity index (χ3v) is 5.14. The van der Waals surface area contributed by atoms with Gasteiger partial charge in [-0.2, -0.15) is 0 Å². The van der Waals surface area contributed by atoms with E-state index in [0.717, 1.165) is 18.9 Å². The summed E-state index contributed by atoms with van der Waals surface area (Å²) in [6, 6.07) is 12.8. The molecule has 0 bridgehead atoms. The molecule has 1 aliphatic rings. The number of aryl methyl sites for hydroxylation is 1. The zero-order valence-electron chi connectivity index (χ0n) is 15.4. The number of rotatable bonds is 4. The van der Waals surface area contributed by atoms with Gasteiger partial charge in [0, 0.05) is 26.7 Å². The molecule has 134 valence electrons. The Hall–Kier alpha value is -2.73. The van der Waals surface area contributed by atoms with Crippen molar-refractivity contribution in [2.75, 3.05) is 20.6 Å². The van der Waals surface area contributed by atoms with Gasteiger partial charge in [0.2, 0.25) is 5.82 Å². The van der Waals surface area contributed by atoms with Crippen molar-refractivity contribution in [1.29, 1.82) is 0 Å². The lowest BCUT2D eigenvalue weighted by Gasteiger charge is -2.25. The van der Waals surface area contributed by atoms with Crippen LogP contribution >= 0.6 is 0 Å². The molecule has 6 nitrogen and oxygen atoms in total. The summed E-state index contributed by atoms with van der Waals surface area (Å²) >= 11 is 0. The van der Waals surface area contributed by atoms with Gasteiger partial charge in [-0.1, -0.05) is 36.4 Å². The highest BCUT2D eigenvalue weighted by atomic mass is 16.2. The minimum Gasteiger partial charge on any atom is -0.337 e. The monoisotopic (exact) mass is 349 g/mol. The van der Waals surface area contributed by atoms with Crippen molar-refractivity contribution < 1.29 is 4.79 Å². The van der Waals surface area contributed by atoms with Crippen LogP contribution in [0.5, 0.6) is 0 Å². The first-order valence-corrected chi connectivity index (χ1v) is 8.88. The first kappa shape index (κ1) is 16.7. The van der Waals surface area contributed by atoms with Crippen LogP contribution in [0.15, 0.2) is 36.4 Å². The number of hydrogen-bond acceptors (Lipinski definition) is 4. The zero-order valence-corrected chi connectivity index (χ0v) is 15.4. The molecule has 0 radical (unpaired) electrons. The number of amides is 1. The molecular formula is C20H23N5O. The van der Waals surface area contributed by atoms with Crippen molar-refractivity contribution in [3.05, 3.63) is 59.2 Å². The van der Waals surface area contributed by atoms with Gasteiger partial charge in [0.25, 0.3) is 5.91 Å². The highest BCUT2D eigenvalue weighted by molar-refractivity contribution is 5.91. The van der Waals surface area contributed by atoms with E-state index in [2.05, 4.69) is 65.5 Å². The fraction of sp³-hybridized carbons (Fsp3) is 0.350. The number of aromatic nitrogens is 3. The normalized spacial score (nSPS) is 14.3. The van der Waals surface area contributed by atoms with Gasteiger partial charge in [-0.3, -0.25) is 9.69 Å². The lowest BCUT2D eigenvalue weighted by Crippen LogP contribution is -2.38.